The maximum Gasteiger partial charge on any atom is 0.252 e. The van der Waals surface area contributed by atoms with Crippen LogP contribution in [0.1, 0.15) is 23.7 Å². The topological polar surface area (TPSA) is 82.1 Å². The number of aliphatic imine (C=N–C) groups is 1. The van der Waals surface area contributed by atoms with E-state index in [-0.39, 0.29) is 5.91 Å². The second kappa shape index (κ2) is 10.2. The standard InChI is InChI=1S/C19H30N6O2/c1-2-21-19(23-8-7-22-18(26)16-4-3-6-20-14-16)25-9-5-17(15-25)24-10-12-27-13-11-24/h3-4,6,14,17H,2,5,7-13,15H2,1H3,(H,21,23)(H,22,26). The van der Waals surface area contributed by atoms with Gasteiger partial charge in [-0.1, -0.05) is 0 Å². The van der Waals surface area contributed by atoms with E-state index in [0.717, 1.165) is 58.3 Å². The van der Waals surface area contributed by atoms with Crippen molar-refractivity contribution in [1.29, 1.82) is 0 Å². The lowest BCUT2D eigenvalue weighted by molar-refractivity contribution is 0.0195. The summed E-state index contributed by atoms with van der Waals surface area (Å²) in [5, 5.41) is 6.27. The van der Waals surface area contributed by atoms with Gasteiger partial charge in [0.1, 0.15) is 0 Å². The number of nitrogens with zero attached hydrogens (tertiary/aromatic N) is 4. The van der Waals surface area contributed by atoms with E-state index < -0.39 is 0 Å². The van der Waals surface area contributed by atoms with E-state index >= 15 is 0 Å². The van der Waals surface area contributed by atoms with Crippen molar-refractivity contribution in [2.45, 2.75) is 19.4 Å². The Kier molecular flexibility index (Phi) is 7.41. The first-order chi connectivity index (χ1) is 13.3. The third-order valence-electron chi connectivity index (χ3n) is 4.94. The largest absolute Gasteiger partial charge is 0.379 e. The van der Waals surface area contributed by atoms with Crippen LogP contribution in [0.15, 0.2) is 29.5 Å². The number of hydrogen-bond donors (Lipinski definition) is 2. The molecule has 1 aromatic heterocycles. The van der Waals surface area contributed by atoms with Gasteiger partial charge in [0.25, 0.3) is 5.91 Å². The molecule has 0 radical (unpaired) electrons. The number of likely N-dealkylation sites (tertiary alicyclic amines) is 1. The number of hydrogen-bond acceptors (Lipinski definition) is 5. The van der Waals surface area contributed by atoms with E-state index in [4.69, 9.17) is 9.73 Å². The van der Waals surface area contributed by atoms with Crippen LogP contribution in [0, 0.1) is 0 Å². The number of aromatic nitrogens is 1. The normalized spacial score (nSPS) is 21.3. The molecule has 2 aliphatic heterocycles. The molecule has 27 heavy (non-hydrogen) atoms. The number of morpholine rings is 1. The first-order valence-electron chi connectivity index (χ1n) is 9.81. The Hall–Kier alpha value is -2.19. The molecule has 2 fully saturated rings. The van der Waals surface area contributed by atoms with Crippen LogP contribution in [0.25, 0.3) is 0 Å². The molecule has 148 valence electrons. The molecule has 2 saturated heterocycles. The molecule has 1 amide bonds. The third kappa shape index (κ3) is 5.64. The molecule has 8 nitrogen and oxygen atoms in total. The van der Waals surface area contributed by atoms with Crippen molar-refractivity contribution in [3.8, 4) is 0 Å². The molecular formula is C19H30N6O2. The summed E-state index contributed by atoms with van der Waals surface area (Å²) in [5.41, 5.74) is 0.571. The van der Waals surface area contributed by atoms with Gasteiger partial charge in [0.15, 0.2) is 5.96 Å². The lowest BCUT2D eigenvalue weighted by Gasteiger charge is -2.32. The Morgan fingerprint density at radius 3 is 2.93 bits per heavy atom. The molecule has 1 atom stereocenters. The maximum atomic E-state index is 12.0. The van der Waals surface area contributed by atoms with Gasteiger partial charge in [0, 0.05) is 57.7 Å². The summed E-state index contributed by atoms with van der Waals surface area (Å²) < 4.78 is 5.46. The minimum atomic E-state index is -0.114. The molecule has 2 N–H and O–H groups in total. The predicted molar refractivity (Wildman–Crippen MR) is 105 cm³/mol. The van der Waals surface area contributed by atoms with E-state index in [1.165, 1.54) is 0 Å². The van der Waals surface area contributed by atoms with Crippen molar-refractivity contribution < 1.29 is 9.53 Å². The second-order valence-corrected chi connectivity index (χ2v) is 6.77. The minimum absolute atomic E-state index is 0.114. The highest BCUT2D eigenvalue weighted by Gasteiger charge is 2.30. The number of carbonyl (C=O) groups is 1. The van der Waals surface area contributed by atoms with Gasteiger partial charge in [-0.15, -0.1) is 0 Å². The molecule has 1 aromatic rings. The van der Waals surface area contributed by atoms with Gasteiger partial charge in [-0.3, -0.25) is 19.7 Å². The summed E-state index contributed by atoms with van der Waals surface area (Å²) in [7, 11) is 0. The number of ether oxygens (including phenoxy) is 1. The first-order valence-corrected chi connectivity index (χ1v) is 9.81. The van der Waals surface area contributed by atoms with Gasteiger partial charge in [0.05, 0.1) is 25.3 Å². The molecule has 8 heteroatoms. The monoisotopic (exact) mass is 374 g/mol. The van der Waals surface area contributed by atoms with Crippen molar-refractivity contribution in [3.63, 3.8) is 0 Å². The summed E-state index contributed by atoms with van der Waals surface area (Å²) in [6.45, 7) is 9.68. The molecule has 0 bridgehead atoms. The molecule has 0 spiro atoms. The molecular weight excluding hydrogens is 344 g/mol. The van der Waals surface area contributed by atoms with Crippen molar-refractivity contribution in [3.05, 3.63) is 30.1 Å². The molecule has 0 aliphatic carbocycles. The summed E-state index contributed by atoms with van der Waals surface area (Å²) in [5.74, 6) is 0.820. The lowest BCUT2D eigenvalue weighted by atomic mass is 10.2. The fourth-order valence-electron chi connectivity index (χ4n) is 3.53. The van der Waals surface area contributed by atoms with Gasteiger partial charge in [-0.25, -0.2) is 0 Å². The SMILES string of the molecule is CCNC(=NCCNC(=O)c1cccnc1)N1CCC(N2CCOCC2)C1. The van der Waals surface area contributed by atoms with Crippen LogP contribution >= 0.6 is 0 Å². The van der Waals surface area contributed by atoms with Gasteiger partial charge < -0.3 is 20.3 Å². The molecule has 3 heterocycles. The van der Waals surface area contributed by atoms with E-state index in [2.05, 4.69) is 32.3 Å². The van der Waals surface area contributed by atoms with Gasteiger partial charge in [0.2, 0.25) is 0 Å². The molecule has 0 saturated carbocycles. The average molecular weight is 374 g/mol. The number of guanidine groups is 1. The van der Waals surface area contributed by atoms with Gasteiger partial charge in [-0.05, 0) is 25.5 Å². The average Bonchev–Trinajstić information content (AvgIpc) is 3.21. The van der Waals surface area contributed by atoms with Crippen LogP contribution in [0.3, 0.4) is 0 Å². The van der Waals surface area contributed by atoms with Crippen LogP contribution < -0.4 is 10.6 Å². The summed E-state index contributed by atoms with van der Waals surface area (Å²) in [4.78, 5) is 25.6. The number of nitrogens with one attached hydrogen (secondary N) is 2. The number of amides is 1. The van der Waals surface area contributed by atoms with E-state index in [1.807, 2.05) is 0 Å². The zero-order valence-electron chi connectivity index (χ0n) is 16.1. The van der Waals surface area contributed by atoms with Crippen molar-refractivity contribution in [1.82, 2.24) is 25.4 Å². The molecule has 0 aromatic carbocycles. The smallest absolute Gasteiger partial charge is 0.252 e. The van der Waals surface area contributed by atoms with Gasteiger partial charge in [-0.2, -0.15) is 0 Å². The zero-order valence-corrected chi connectivity index (χ0v) is 16.1. The predicted octanol–water partition coefficient (Wildman–Crippen LogP) is 0.183. The van der Waals surface area contributed by atoms with Crippen LogP contribution in [0.5, 0.6) is 0 Å². The van der Waals surface area contributed by atoms with Crippen LogP contribution in [0.2, 0.25) is 0 Å². The van der Waals surface area contributed by atoms with Crippen molar-refractivity contribution >= 4 is 11.9 Å². The fraction of sp³-hybridized carbons (Fsp3) is 0.632. The summed E-state index contributed by atoms with van der Waals surface area (Å²) in [6.07, 6.45) is 4.38. The Labute approximate surface area is 161 Å². The maximum absolute atomic E-state index is 12.0. The number of carbonyl (C=O) groups excluding carboxylic acids is 1. The molecule has 3 rings (SSSR count). The lowest BCUT2D eigenvalue weighted by Crippen LogP contribution is -2.46. The van der Waals surface area contributed by atoms with E-state index in [9.17, 15) is 4.79 Å². The molecule has 1 unspecified atom stereocenters. The highest BCUT2D eigenvalue weighted by molar-refractivity contribution is 5.93. The number of rotatable bonds is 6. The molecule has 2 aliphatic rings. The summed E-state index contributed by atoms with van der Waals surface area (Å²) >= 11 is 0. The van der Waals surface area contributed by atoms with Gasteiger partial charge >= 0.3 is 0 Å². The quantitative estimate of drug-likeness (QED) is 0.420. The van der Waals surface area contributed by atoms with E-state index in [0.29, 0.717) is 24.7 Å². The van der Waals surface area contributed by atoms with Crippen LogP contribution in [-0.2, 0) is 4.74 Å². The van der Waals surface area contributed by atoms with Crippen molar-refractivity contribution in [2.24, 2.45) is 4.99 Å². The number of pyridine rings is 1. The third-order valence-corrected chi connectivity index (χ3v) is 4.94. The Morgan fingerprint density at radius 1 is 1.33 bits per heavy atom. The van der Waals surface area contributed by atoms with Crippen molar-refractivity contribution in [2.75, 3.05) is 59.0 Å². The van der Waals surface area contributed by atoms with Crippen LogP contribution in [-0.4, -0.2) is 91.7 Å². The Balaban J connectivity index is 1.47. The Bertz CT molecular complexity index is 618. The fourth-order valence-corrected chi connectivity index (χ4v) is 3.53. The van der Waals surface area contributed by atoms with E-state index in [1.54, 1.807) is 24.5 Å². The highest BCUT2D eigenvalue weighted by Crippen LogP contribution is 2.17. The highest BCUT2D eigenvalue weighted by atomic mass is 16.5. The minimum Gasteiger partial charge on any atom is -0.379 e. The zero-order chi connectivity index (χ0) is 18.9. The van der Waals surface area contributed by atoms with Crippen LogP contribution in [0.4, 0.5) is 0 Å². The Morgan fingerprint density at radius 2 is 2.19 bits per heavy atom. The summed E-state index contributed by atoms with van der Waals surface area (Å²) in [6, 6.07) is 4.09. The second-order valence-electron chi connectivity index (χ2n) is 6.77. The first kappa shape index (κ1) is 19.6.